The number of hydrogen-bond acceptors (Lipinski definition) is 4. The number of rotatable bonds is 4. The van der Waals surface area contributed by atoms with Gasteiger partial charge in [0.1, 0.15) is 5.69 Å². The largest absolute Gasteiger partial charge is 0.358 e. The lowest BCUT2D eigenvalue weighted by Crippen LogP contribution is -2.18. The second kappa shape index (κ2) is 5.12. The van der Waals surface area contributed by atoms with Gasteiger partial charge in [-0.15, -0.1) is 6.42 Å². The van der Waals surface area contributed by atoms with Gasteiger partial charge in [-0.2, -0.15) is 0 Å². The summed E-state index contributed by atoms with van der Waals surface area (Å²) in [6, 6.07) is 4.36. The Morgan fingerprint density at radius 3 is 2.71 bits per heavy atom. The molecule has 0 unspecified atom stereocenters. The van der Waals surface area contributed by atoms with Crippen LogP contribution in [0, 0.1) is 22.5 Å². The molecule has 1 aromatic carbocycles. The molecule has 1 aromatic rings. The summed E-state index contributed by atoms with van der Waals surface area (Å²) in [5.74, 6) is 2.20. The molecule has 0 aliphatic heterocycles. The van der Waals surface area contributed by atoms with Crippen molar-refractivity contribution in [2.24, 2.45) is 0 Å². The van der Waals surface area contributed by atoms with Crippen LogP contribution in [0.2, 0.25) is 0 Å². The van der Waals surface area contributed by atoms with E-state index in [0.29, 0.717) is 11.3 Å². The molecule has 0 fully saturated rings. The van der Waals surface area contributed by atoms with E-state index in [1.807, 2.05) is 0 Å². The van der Waals surface area contributed by atoms with Crippen molar-refractivity contribution in [3.05, 3.63) is 33.9 Å². The van der Waals surface area contributed by atoms with Crippen LogP contribution in [0.25, 0.3) is 0 Å². The third kappa shape index (κ3) is 2.82. The third-order valence-corrected chi connectivity index (χ3v) is 2.32. The van der Waals surface area contributed by atoms with Gasteiger partial charge >= 0.3 is 0 Å². The number of Topliss-reactive ketones (excluding diaryl/α,β-unsaturated/α-hetero) is 1. The fourth-order valence-electron chi connectivity index (χ4n) is 1.43. The molecule has 0 aliphatic rings. The van der Waals surface area contributed by atoms with Crippen molar-refractivity contribution in [2.75, 3.05) is 18.5 Å². The van der Waals surface area contributed by atoms with Crippen molar-refractivity contribution in [2.45, 2.75) is 6.92 Å². The van der Waals surface area contributed by atoms with Gasteiger partial charge in [-0.1, -0.05) is 5.92 Å². The van der Waals surface area contributed by atoms with E-state index in [-0.39, 0.29) is 18.0 Å². The summed E-state index contributed by atoms with van der Waals surface area (Å²) in [5, 5.41) is 10.9. The van der Waals surface area contributed by atoms with Gasteiger partial charge in [0.05, 0.1) is 11.5 Å². The van der Waals surface area contributed by atoms with Crippen LogP contribution in [0.1, 0.15) is 17.3 Å². The van der Waals surface area contributed by atoms with Crippen LogP contribution in [-0.4, -0.2) is 24.3 Å². The number of hydrogen-bond donors (Lipinski definition) is 0. The molecule has 0 N–H and O–H groups in total. The molecule has 0 aromatic heterocycles. The summed E-state index contributed by atoms with van der Waals surface area (Å²) >= 11 is 0. The number of nitro benzene ring substituents is 1. The Hall–Kier alpha value is -2.35. The molecular weight excluding hydrogens is 220 g/mol. The molecule has 0 atom stereocenters. The Kier molecular flexibility index (Phi) is 3.83. The van der Waals surface area contributed by atoms with Crippen molar-refractivity contribution < 1.29 is 9.72 Å². The molecule has 17 heavy (non-hydrogen) atoms. The molecule has 5 nitrogen and oxygen atoms in total. The highest BCUT2D eigenvalue weighted by atomic mass is 16.6. The summed E-state index contributed by atoms with van der Waals surface area (Å²) in [6.07, 6.45) is 5.16. The van der Waals surface area contributed by atoms with Gasteiger partial charge in [-0.3, -0.25) is 14.9 Å². The van der Waals surface area contributed by atoms with Gasteiger partial charge in [0.25, 0.3) is 5.69 Å². The van der Waals surface area contributed by atoms with E-state index in [4.69, 9.17) is 6.42 Å². The molecule has 0 aliphatic carbocycles. The summed E-state index contributed by atoms with van der Waals surface area (Å²) in [7, 11) is 1.66. The van der Waals surface area contributed by atoms with Gasteiger partial charge in [-0.25, -0.2) is 0 Å². The van der Waals surface area contributed by atoms with Crippen molar-refractivity contribution in [3.63, 3.8) is 0 Å². The van der Waals surface area contributed by atoms with Crippen LogP contribution in [0.15, 0.2) is 18.2 Å². The fourth-order valence-corrected chi connectivity index (χ4v) is 1.43. The smallest absolute Gasteiger partial charge is 0.293 e. The van der Waals surface area contributed by atoms with Gasteiger partial charge in [0, 0.05) is 18.7 Å². The van der Waals surface area contributed by atoms with E-state index in [9.17, 15) is 14.9 Å². The average Bonchev–Trinajstić information content (AvgIpc) is 2.28. The van der Waals surface area contributed by atoms with Crippen molar-refractivity contribution in [3.8, 4) is 12.3 Å². The first-order valence-electron chi connectivity index (χ1n) is 4.91. The van der Waals surface area contributed by atoms with Gasteiger partial charge < -0.3 is 4.90 Å². The normalized spacial score (nSPS) is 9.47. The van der Waals surface area contributed by atoms with Crippen molar-refractivity contribution in [1.29, 1.82) is 0 Å². The maximum atomic E-state index is 11.2. The van der Waals surface area contributed by atoms with Crippen LogP contribution in [0.3, 0.4) is 0 Å². The summed E-state index contributed by atoms with van der Waals surface area (Å²) in [6.45, 7) is 1.63. The molecule has 0 heterocycles. The number of ketones is 1. The van der Waals surface area contributed by atoms with E-state index < -0.39 is 4.92 Å². The highest BCUT2D eigenvalue weighted by Gasteiger charge is 2.18. The zero-order valence-corrected chi connectivity index (χ0v) is 9.64. The van der Waals surface area contributed by atoms with E-state index >= 15 is 0 Å². The Bertz CT molecular complexity index is 503. The minimum Gasteiger partial charge on any atom is -0.358 e. The molecule has 0 saturated carbocycles. The van der Waals surface area contributed by atoms with Gasteiger partial charge in [0.15, 0.2) is 5.78 Å². The monoisotopic (exact) mass is 232 g/mol. The molecule has 1 rings (SSSR count). The summed E-state index contributed by atoms with van der Waals surface area (Å²) < 4.78 is 0. The predicted molar refractivity (Wildman–Crippen MR) is 65.2 cm³/mol. The second-order valence-electron chi connectivity index (χ2n) is 3.58. The number of nitrogens with zero attached hydrogens (tertiary/aromatic N) is 2. The Morgan fingerprint density at radius 2 is 2.24 bits per heavy atom. The molecule has 0 spiro atoms. The Labute approximate surface area is 99.2 Å². The van der Waals surface area contributed by atoms with Crippen LogP contribution < -0.4 is 4.90 Å². The first kappa shape index (κ1) is 12.7. The van der Waals surface area contributed by atoms with Gasteiger partial charge in [-0.05, 0) is 19.1 Å². The number of terminal acetylenes is 1. The first-order chi connectivity index (χ1) is 7.97. The van der Waals surface area contributed by atoms with E-state index in [0.717, 1.165) is 0 Å². The summed E-state index contributed by atoms with van der Waals surface area (Å²) in [5.41, 5.74) is 0.600. The maximum Gasteiger partial charge on any atom is 0.293 e. The summed E-state index contributed by atoms with van der Waals surface area (Å²) in [4.78, 5) is 23.1. The second-order valence-corrected chi connectivity index (χ2v) is 3.58. The average molecular weight is 232 g/mol. The number of benzene rings is 1. The zero-order chi connectivity index (χ0) is 13.0. The lowest BCUT2D eigenvalue weighted by atomic mass is 10.1. The van der Waals surface area contributed by atoms with E-state index in [1.165, 1.54) is 19.1 Å². The molecule has 0 amide bonds. The number of nitro groups is 1. The lowest BCUT2D eigenvalue weighted by Gasteiger charge is -2.16. The topological polar surface area (TPSA) is 63.5 Å². The predicted octanol–water partition coefficient (Wildman–Crippen LogP) is 1.87. The molecular formula is C12H12N2O3. The minimum atomic E-state index is -0.519. The van der Waals surface area contributed by atoms with E-state index in [1.54, 1.807) is 18.0 Å². The van der Waals surface area contributed by atoms with E-state index in [2.05, 4.69) is 5.92 Å². The molecule has 5 heteroatoms. The molecule has 0 bridgehead atoms. The van der Waals surface area contributed by atoms with Crippen LogP contribution in [-0.2, 0) is 0 Å². The Balaban J connectivity index is 3.27. The Morgan fingerprint density at radius 1 is 1.59 bits per heavy atom. The van der Waals surface area contributed by atoms with Crippen molar-refractivity contribution in [1.82, 2.24) is 0 Å². The highest BCUT2D eigenvalue weighted by Crippen LogP contribution is 2.28. The zero-order valence-electron chi connectivity index (χ0n) is 9.64. The standard InChI is InChI=1S/C12H12N2O3/c1-4-7-13(3)11-6-5-10(9(2)15)8-12(11)14(16)17/h1,5-6,8H,7H2,2-3H3. The molecule has 0 saturated heterocycles. The van der Waals surface area contributed by atoms with Crippen LogP contribution in [0.4, 0.5) is 11.4 Å². The minimum absolute atomic E-state index is 0.115. The van der Waals surface area contributed by atoms with Crippen LogP contribution in [0.5, 0.6) is 0 Å². The fraction of sp³-hybridized carbons (Fsp3) is 0.250. The molecule has 0 radical (unpaired) electrons. The number of anilines is 1. The van der Waals surface area contributed by atoms with Crippen LogP contribution >= 0.6 is 0 Å². The highest BCUT2D eigenvalue weighted by molar-refractivity contribution is 5.95. The number of carbonyl (C=O) groups is 1. The lowest BCUT2D eigenvalue weighted by molar-refractivity contribution is -0.384. The molecule has 88 valence electrons. The van der Waals surface area contributed by atoms with Crippen molar-refractivity contribution >= 4 is 17.2 Å². The number of carbonyl (C=O) groups excluding carboxylic acids is 1. The first-order valence-corrected chi connectivity index (χ1v) is 4.91. The third-order valence-electron chi connectivity index (χ3n) is 2.32. The SMILES string of the molecule is C#CCN(C)c1ccc(C(C)=O)cc1[N+](=O)[O-]. The maximum absolute atomic E-state index is 11.2. The quantitative estimate of drug-likeness (QED) is 0.344. The van der Waals surface area contributed by atoms with Gasteiger partial charge in [0.2, 0.25) is 0 Å².